The van der Waals surface area contributed by atoms with Crippen molar-refractivity contribution < 1.29 is 0 Å². The Morgan fingerprint density at radius 3 is 2.18 bits per heavy atom. The molecule has 0 heteroatoms. The van der Waals surface area contributed by atoms with Crippen molar-refractivity contribution in [2.75, 3.05) is 0 Å². The van der Waals surface area contributed by atoms with Crippen molar-refractivity contribution in [3.05, 3.63) is 72.3 Å². The van der Waals surface area contributed by atoms with Crippen LogP contribution in [0.5, 0.6) is 0 Å². The van der Waals surface area contributed by atoms with Crippen LogP contribution in [0.3, 0.4) is 0 Å². The summed E-state index contributed by atoms with van der Waals surface area (Å²) >= 11 is 0. The zero-order chi connectivity index (χ0) is 14.8. The number of fused-ring (bicyclic) bond motifs is 1. The van der Waals surface area contributed by atoms with Gasteiger partial charge in [-0.3, -0.25) is 0 Å². The first-order valence-corrected chi connectivity index (χ1v) is 8.50. The minimum atomic E-state index is 0.740. The van der Waals surface area contributed by atoms with E-state index in [1.54, 1.807) is 5.56 Å². The monoisotopic (exact) mass is 286 g/mol. The Labute approximate surface area is 132 Å². The average molecular weight is 286 g/mol. The predicted octanol–water partition coefficient (Wildman–Crippen LogP) is 6.55. The SMILES string of the molecule is c1ccc(C2CCCCC2)c(-c2cccc3ccccc23)c1. The summed E-state index contributed by atoms with van der Waals surface area (Å²) in [6.45, 7) is 0. The quantitative estimate of drug-likeness (QED) is 0.500. The number of hydrogen-bond acceptors (Lipinski definition) is 0. The molecule has 1 aliphatic rings. The summed E-state index contributed by atoms with van der Waals surface area (Å²) in [6, 6.07) is 24.5. The molecule has 0 heterocycles. The molecule has 3 aromatic carbocycles. The van der Waals surface area contributed by atoms with E-state index in [1.165, 1.54) is 54.0 Å². The fourth-order valence-electron chi connectivity index (χ4n) is 3.97. The van der Waals surface area contributed by atoms with E-state index in [0.717, 1.165) is 5.92 Å². The second kappa shape index (κ2) is 5.96. The van der Waals surface area contributed by atoms with Gasteiger partial charge < -0.3 is 0 Å². The van der Waals surface area contributed by atoms with Crippen molar-refractivity contribution in [1.29, 1.82) is 0 Å². The van der Waals surface area contributed by atoms with E-state index in [-0.39, 0.29) is 0 Å². The van der Waals surface area contributed by atoms with Gasteiger partial charge in [0.1, 0.15) is 0 Å². The standard InChI is InChI=1S/C22H22/c1-2-9-17(10-3-1)19-14-6-7-15-21(19)22-16-8-12-18-11-4-5-13-20(18)22/h4-8,11-17H,1-3,9-10H2. The molecular formula is C22H22. The van der Waals surface area contributed by atoms with Gasteiger partial charge in [0.05, 0.1) is 0 Å². The van der Waals surface area contributed by atoms with E-state index in [1.807, 2.05) is 0 Å². The summed E-state index contributed by atoms with van der Waals surface area (Å²) < 4.78 is 0. The molecule has 0 N–H and O–H groups in total. The Bertz CT molecular complexity index is 773. The fraction of sp³-hybridized carbons (Fsp3) is 0.273. The highest BCUT2D eigenvalue weighted by Crippen LogP contribution is 2.39. The molecule has 0 atom stereocenters. The van der Waals surface area contributed by atoms with Crippen LogP contribution in [0, 0.1) is 0 Å². The van der Waals surface area contributed by atoms with Crippen LogP contribution in [-0.2, 0) is 0 Å². The summed E-state index contributed by atoms with van der Waals surface area (Å²) in [5.41, 5.74) is 4.38. The Hall–Kier alpha value is -2.08. The maximum Gasteiger partial charge on any atom is -0.0103 e. The maximum atomic E-state index is 2.35. The molecule has 22 heavy (non-hydrogen) atoms. The third-order valence-electron chi connectivity index (χ3n) is 5.09. The van der Waals surface area contributed by atoms with Crippen molar-refractivity contribution in [2.45, 2.75) is 38.0 Å². The van der Waals surface area contributed by atoms with Crippen molar-refractivity contribution in [3.8, 4) is 11.1 Å². The number of rotatable bonds is 2. The van der Waals surface area contributed by atoms with Gasteiger partial charge in [-0.1, -0.05) is 86.0 Å². The van der Waals surface area contributed by atoms with Crippen LogP contribution in [-0.4, -0.2) is 0 Å². The summed E-state index contributed by atoms with van der Waals surface area (Å²) in [6.07, 6.45) is 6.87. The molecule has 1 saturated carbocycles. The minimum absolute atomic E-state index is 0.740. The lowest BCUT2D eigenvalue weighted by Gasteiger charge is -2.25. The second-order valence-corrected chi connectivity index (χ2v) is 6.45. The van der Waals surface area contributed by atoms with Gasteiger partial charge in [-0.15, -0.1) is 0 Å². The van der Waals surface area contributed by atoms with Gasteiger partial charge in [0, 0.05) is 0 Å². The van der Waals surface area contributed by atoms with Crippen LogP contribution in [0.2, 0.25) is 0 Å². The van der Waals surface area contributed by atoms with E-state index >= 15 is 0 Å². The Morgan fingerprint density at radius 2 is 1.27 bits per heavy atom. The first-order valence-electron chi connectivity index (χ1n) is 8.50. The van der Waals surface area contributed by atoms with Crippen molar-refractivity contribution in [1.82, 2.24) is 0 Å². The van der Waals surface area contributed by atoms with Gasteiger partial charge in [-0.2, -0.15) is 0 Å². The Balaban J connectivity index is 1.88. The highest BCUT2D eigenvalue weighted by molar-refractivity contribution is 5.97. The van der Waals surface area contributed by atoms with Crippen LogP contribution in [0.15, 0.2) is 66.7 Å². The molecule has 0 saturated heterocycles. The zero-order valence-corrected chi connectivity index (χ0v) is 13.0. The van der Waals surface area contributed by atoms with Crippen molar-refractivity contribution in [3.63, 3.8) is 0 Å². The van der Waals surface area contributed by atoms with Crippen molar-refractivity contribution >= 4 is 10.8 Å². The fourth-order valence-corrected chi connectivity index (χ4v) is 3.97. The molecule has 0 nitrogen and oxygen atoms in total. The molecule has 0 bridgehead atoms. The first kappa shape index (κ1) is 13.6. The molecule has 0 unspecified atom stereocenters. The van der Waals surface area contributed by atoms with Crippen LogP contribution in [0.1, 0.15) is 43.6 Å². The van der Waals surface area contributed by atoms with Gasteiger partial charge in [0.25, 0.3) is 0 Å². The zero-order valence-electron chi connectivity index (χ0n) is 13.0. The lowest BCUT2D eigenvalue weighted by atomic mass is 9.80. The molecule has 4 rings (SSSR count). The topological polar surface area (TPSA) is 0 Å². The lowest BCUT2D eigenvalue weighted by molar-refractivity contribution is 0.444. The molecule has 110 valence electrons. The number of benzene rings is 3. The highest BCUT2D eigenvalue weighted by Gasteiger charge is 2.19. The van der Waals surface area contributed by atoms with Gasteiger partial charge in [-0.05, 0) is 46.2 Å². The molecule has 0 aromatic heterocycles. The Morgan fingerprint density at radius 1 is 0.591 bits per heavy atom. The summed E-state index contributed by atoms with van der Waals surface area (Å²) in [5, 5.41) is 2.70. The summed E-state index contributed by atoms with van der Waals surface area (Å²) in [5.74, 6) is 0.740. The smallest absolute Gasteiger partial charge is 0.0103 e. The van der Waals surface area contributed by atoms with Gasteiger partial charge >= 0.3 is 0 Å². The van der Waals surface area contributed by atoms with Gasteiger partial charge in [-0.25, -0.2) is 0 Å². The first-order chi connectivity index (χ1) is 10.9. The molecule has 0 radical (unpaired) electrons. The normalized spacial score (nSPS) is 16.0. The van der Waals surface area contributed by atoms with Crippen LogP contribution < -0.4 is 0 Å². The molecule has 3 aromatic rings. The average Bonchev–Trinajstić information content (AvgIpc) is 2.62. The van der Waals surface area contributed by atoms with E-state index < -0.39 is 0 Å². The minimum Gasteiger partial charge on any atom is -0.0619 e. The Kier molecular flexibility index (Phi) is 3.68. The molecule has 1 aliphatic carbocycles. The summed E-state index contributed by atoms with van der Waals surface area (Å²) in [4.78, 5) is 0. The van der Waals surface area contributed by atoms with Crippen LogP contribution in [0.4, 0.5) is 0 Å². The van der Waals surface area contributed by atoms with E-state index in [4.69, 9.17) is 0 Å². The summed E-state index contributed by atoms with van der Waals surface area (Å²) in [7, 11) is 0. The molecule has 0 aliphatic heterocycles. The molecular weight excluding hydrogens is 264 g/mol. The third kappa shape index (κ3) is 2.43. The molecule has 0 spiro atoms. The van der Waals surface area contributed by atoms with Gasteiger partial charge in [0.15, 0.2) is 0 Å². The third-order valence-corrected chi connectivity index (χ3v) is 5.09. The van der Waals surface area contributed by atoms with Crippen LogP contribution >= 0.6 is 0 Å². The van der Waals surface area contributed by atoms with E-state index in [2.05, 4.69) is 66.7 Å². The predicted molar refractivity (Wildman–Crippen MR) is 95.2 cm³/mol. The highest BCUT2D eigenvalue weighted by atomic mass is 14.2. The maximum absolute atomic E-state index is 2.35. The molecule has 0 amide bonds. The van der Waals surface area contributed by atoms with Crippen LogP contribution in [0.25, 0.3) is 21.9 Å². The molecule has 1 fully saturated rings. The number of hydrogen-bond donors (Lipinski definition) is 0. The van der Waals surface area contributed by atoms with Gasteiger partial charge in [0.2, 0.25) is 0 Å². The largest absolute Gasteiger partial charge is 0.0619 e. The lowest BCUT2D eigenvalue weighted by Crippen LogP contribution is -2.06. The van der Waals surface area contributed by atoms with Crippen molar-refractivity contribution in [2.24, 2.45) is 0 Å². The second-order valence-electron chi connectivity index (χ2n) is 6.45. The van der Waals surface area contributed by atoms with E-state index in [0.29, 0.717) is 0 Å². The van der Waals surface area contributed by atoms with E-state index in [9.17, 15) is 0 Å².